The fraction of sp³-hybridized carbons (Fsp3) is 0.429. The quantitative estimate of drug-likeness (QED) is 0.837. The predicted octanol–water partition coefficient (Wildman–Crippen LogP) is 3.21. The van der Waals surface area contributed by atoms with Gasteiger partial charge in [0.15, 0.2) is 0 Å². The van der Waals surface area contributed by atoms with E-state index in [4.69, 9.17) is 23.2 Å². The molecule has 1 aromatic carbocycles. The topological polar surface area (TPSA) is 40.6 Å². The molecule has 0 aliphatic carbocycles. The van der Waals surface area contributed by atoms with Crippen molar-refractivity contribution in [2.24, 2.45) is 0 Å². The molecule has 0 aliphatic heterocycles. The van der Waals surface area contributed by atoms with Gasteiger partial charge in [-0.05, 0) is 26.0 Å². The van der Waals surface area contributed by atoms with Gasteiger partial charge < -0.3 is 9.80 Å². The van der Waals surface area contributed by atoms with Crippen LogP contribution in [-0.2, 0) is 9.59 Å². The molecule has 0 unspecified atom stereocenters. The lowest BCUT2D eigenvalue weighted by molar-refractivity contribution is -0.130. The summed E-state index contributed by atoms with van der Waals surface area (Å²) >= 11 is 12.1. The van der Waals surface area contributed by atoms with Crippen LogP contribution in [0.15, 0.2) is 18.2 Å². The van der Waals surface area contributed by atoms with Crippen molar-refractivity contribution >= 4 is 40.7 Å². The SMILES string of the molecule is CCN(CC)C(=O)CN(C(C)=O)c1cccc(Cl)c1Cl. The number of hydrogen-bond donors (Lipinski definition) is 0. The van der Waals surface area contributed by atoms with Crippen molar-refractivity contribution in [2.45, 2.75) is 20.8 Å². The highest BCUT2D eigenvalue weighted by Gasteiger charge is 2.21. The third-order valence-corrected chi connectivity index (χ3v) is 3.82. The largest absolute Gasteiger partial charge is 0.342 e. The minimum atomic E-state index is -0.255. The van der Waals surface area contributed by atoms with E-state index >= 15 is 0 Å². The van der Waals surface area contributed by atoms with Gasteiger partial charge in [0.25, 0.3) is 0 Å². The molecule has 0 atom stereocenters. The number of amides is 2. The van der Waals surface area contributed by atoms with Gasteiger partial charge in [-0.3, -0.25) is 9.59 Å². The van der Waals surface area contributed by atoms with Crippen LogP contribution in [0.25, 0.3) is 0 Å². The minimum absolute atomic E-state index is 0.0446. The molecule has 0 heterocycles. The molecule has 0 fully saturated rings. The number of carbonyl (C=O) groups excluding carboxylic acids is 2. The van der Waals surface area contributed by atoms with Crippen LogP contribution in [0, 0.1) is 0 Å². The molecule has 0 saturated carbocycles. The maximum atomic E-state index is 12.1. The molecule has 6 heteroatoms. The first-order chi connectivity index (χ1) is 9.42. The number of hydrogen-bond acceptors (Lipinski definition) is 2. The van der Waals surface area contributed by atoms with Crippen molar-refractivity contribution < 1.29 is 9.59 Å². The zero-order valence-electron chi connectivity index (χ0n) is 11.8. The van der Waals surface area contributed by atoms with Crippen LogP contribution < -0.4 is 4.90 Å². The molecule has 0 aromatic heterocycles. The first kappa shape index (κ1) is 16.8. The number of likely N-dealkylation sites (N-methyl/N-ethyl adjacent to an activating group) is 1. The average molecular weight is 317 g/mol. The highest BCUT2D eigenvalue weighted by atomic mass is 35.5. The summed E-state index contributed by atoms with van der Waals surface area (Å²) in [5.74, 6) is -0.379. The lowest BCUT2D eigenvalue weighted by Crippen LogP contribution is -2.42. The summed E-state index contributed by atoms with van der Waals surface area (Å²) < 4.78 is 0. The van der Waals surface area contributed by atoms with Gasteiger partial charge in [-0.25, -0.2) is 0 Å². The van der Waals surface area contributed by atoms with Gasteiger partial charge in [0.05, 0.1) is 15.7 Å². The average Bonchev–Trinajstić information content (AvgIpc) is 2.40. The van der Waals surface area contributed by atoms with Crippen LogP contribution in [0.1, 0.15) is 20.8 Å². The molecule has 1 aromatic rings. The maximum Gasteiger partial charge on any atom is 0.242 e. The molecule has 4 nitrogen and oxygen atoms in total. The van der Waals surface area contributed by atoms with E-state index in [0.29, 0.717) is 23.8 Å². The number of benzene rings is 1. The molecule has 2 amide bonds. The van der Waals surface area contributed by atoms with Crippen molar-refractivity contribution in [3.05, 3.63) is 28.2 Å². The number of halogens is 2. The van der Waals surface area contributed by atoms with E-state index in [0.717, 1.165) is 0 Å². The van der Waals surface area contributed by atoms with E-state index in [1.165, 1.54) is 11.8 Å². The Morgan fingerprint density at radius 2 is 1.75 bits per heavy atom. The Hall–Kier alpha value is -1.26. The molecule has 0 spiro atoms. The summed E-state index contributed by atoms with van der Waals surface area (Å²) in [6, 6.07) is 5.00. The first-order valence-corrected chi connectivity index (χ1v) is 7.17. The van der Waals surface area contributed by atoms with Crippen molar-refractivity contribution in [3.63, 3.8) is 0 Å². The molecule has 20 heavy (non-hydrogen) atoms. The van der Waals surface area contributed by atoms with E-state index in [1.807, 2.05) is 13.8 Å². The Morgan fingerprint density at radius 3 is 2.25 bits per heavy atom. The van der Waals surface area contributed by atoms with Crippen molar-refractivity contribution in [2.75, 3.05) is 24.5 Å². The Kier molecular flexibility index (Phi) is 6.30. The van der Waals surface area contributed by atoms with Gasteiger partial charge >= 0.3 is 0 Å². The minimum Gasteiger partial charge on any atom is -0.342 e. The lowest BCUT2D eigenvalue weighted by Gasteiger charge is -2.26. The number of carbonyl (C=O) groups is 2. The van der Waals surface area contributed by atoms with Gasteiger partial charge in [0.2, 0.25) is 11.8 Å². The smallest absolute Gasteiger partial charge is 0.242 e. The van der Waals surface area contributed by atoms with E-state index in [1.54, 1.807) is 23.1 Å². The maximum absolute atomic E-state index is 12.1. The molecule has 1 rings (SSSR count). The third-order valence-electron chi connectivity index (χ3n) is 3.01. The zero-order valence-corrected chi connectivity index (χ0v) is 13.3. The van der Waals surface area contributed by atoms with Crippen LogP contribution in [0.5, 0.6) is 0 Å². The van der Waals surface area contributed by atoms with Gasteiger partial charge in [-0.15, -0.1) is 0 Å². The Morgan fingerprint density at radius 1 is 1.15 bits per heavy atom. The Bertz CT molecular complexity index is 502. The first-order valence-electron chi connectivity index (χ1n) is 6.42. The second kappa shape index (κ2) is 7.50. The van der Waals surface area contributed by atoms with Crippen molar-refractivity contribution in [1.82, 2.24) is 4.90 Å². The summed E-state index contributed by atoms with van der Waals surface area (Å²) in [6.07, 6.45) is 0. The van der Waals surface area contributed by atoms with Crippen LogP contribution in [0.3, 0.4) is 0 Å². The van der Waals surface area contributed by atoms with E-state index in [-0.39, 0.29) is 23.4 Å². The van der Waals surface area contributed by atoms with E-state index in [2.05, 4.69) is 0 Å². The van der Waals surface area contributed by atoms with Crippen molar-refractivity contribution in [3.8, 4) is 0 Å². The van der Waals surface area contributed by atoms with Crippen LogP contribution in [0.2, 0.25) is 10.0 Å². The normalized spacial score (nSPS) is 10.2. The monoisotopic (exact) mass is 316 g/mol. The number of nitrogens with zero attached hydrogens (tertiary/aromatic N) is 2. The molecule has 110 valence electrons. The van der Waals surface area contributed by atoms with E-state index in [9.17, 15) is 9.59 Å². The highest BCUT2D eigenvalue weighted by Crippen LogP contribution is 2.32. The third kappa shape index (κ3) is 3.87. The lowest BCUT2D eigenvalue weighted by atomic mass is 10.2. The van der Waals surface area contributed by atoms with Gasteiger partial charge in [0.1, 0.15) is 6.54 Å². The summed E-state index contributed by atoms with van der Waals surface area (Å²) in [7, 11) is 0. The van der Waals surface area contributed by atoms with Gasteiger partial charge in [-0.2, -0.15) is 0 Å². The molecule has 0 N–H and O–H groups in total. The summed E-state index contributed by atoms with van der Waals surface area (Å²) in [5, 5.41) is 0.627. The molecule has 0 bridgehead atoms. The van der Waals surface area contributed by atoms with Gasteiger partial charge in [0, 0.05) is 20.0 Å². The number of rotatable bonds is 5. The Labute approximate surface area is 129 Å². The fourth-order valence-electron chi connectivity index (χ4n) is 1.88. The van der Waals surface area contributed by atoms with Crippen LogP contribution in [0.4, 0.5) is 5.69 Å². The summed E-state index contributed by atoms with van der Waals surface area (Å²) in [5.41, 5.74) is 0.451. The van der Waals surface area contributed by atoms with Gasteiger partial charge in [-0.1, -0.05) is 29.3 Å². The standard InChI is InChI=1S/C14H18Cl2N2O2/c1-4-17(5-2)13(20)9-18(10(3)19)12-8-6-7-11(15)14(12)16/h6-8H,4-5,9H2,1-3H3. The van der Waals surface area contributed by atoms with E-state index < -0.39 is 0 Å². The molecule has 0 saturated heterocycles. The van der Waals surface area contributed by atoms with Crippen molar-refractivity contribution in [1.29, 1.82) is 0 Å². The van der Waals surface area contributed by atoms with Crippen LogP contribution >= 0.6 is 23.2 Å². The number of anilines is 1. The summed E-state index contributed by atoms with van der Waals surface area (Å²) in [4.78, 5) is 26.9. The van der Waals surface area contributed by atoms with Crippen LogP contribution in [-0.4, -0.2) is 36.3 Å². The zero-order chi connectivity index (χ0) is 15.3. The molecular formula is C14H18Cl2N2O2. The molecule has 0 aliphatic rings. The fourth-order valence-corrected chi connectivity index (χ4v) is 2.28. The predicted molar refractivity (Wildman–Crippen MR) is 82.4 cm³/mol. The summed E-state index contributed by atoms with van der Waals surface area (Å²) in [6.45, 7) is 6.34. The Balaban J connectivity index is 3.04. The second-order valence-electron chi connectivity index (χ2n) is 4.24. The highest BCUT2D eigenvalue weighted by molar-refractivity contribution is 6.44. The second-order valence-corrected chi connectivity index (χ2v) is 5.03. The molecule has 0 radical (unpaired) electrons. The molecular weight excluding hydrogens is 299 g/mol.